The molecule has 0 atom stereocenters. The van der Waals surface area contributed by atoms with Gasteiger partial charge in [-0.05, 0) is 73.7 Å². The summed E-state index contributed by atoms with van der Waals surface area (Å²) in [6.45, 7) is 8.14. The number of hydrogen-bond acceptors (Lipinski definition) is 1. The maximum atomic E-state index is 16.4. The van der Waals surface area contributed by atoms with Gasteiger partial charge in [-0.1, -0.05) is 56.3 Å². The quantitative estimate of drug-likeness (QED) is 0.331. The van der Waals surface area contributed by atoms with Crippen molar-refractivity contribution in [3.05, 3.63) is 105 Å². The standard InChI is InChI=1S/C30H33BF2N2O/c1-7-26-19(3)29-28(24-15-12-16-25(17-24)36-18-23-13-10-9-11-14-23)30-20(4)27(8-2)22(6)35(30)31(32,33)34(29)21(26)5/h9-17H,7-8,18H2,1-6H3. The Morgan fingerprint density at radius 3 is 2.31 bits per heavy atom. The molecule has 3 aromatic rings. The van der Waals surface area contributed by atoms with Gasteiger partial charge in [0.25, 0.3) is 0 Å². The summed E-state index contributed by atoms with van der Waals surface area (Å²) in [6.07, 6.45) is 1.43. The van der Waals surface area contributed by atoms with E-state index in [1.165, 1.54) is 8.96 Å². The molecule has 0 N–H and O–H groups in total. The SMILES string of the molecule is CCC1=C(C)C2=C(c3cccc(OCc4ccccc4)c3)c3c(C)c(CC)c(C)n3[B-](F)(F)[N+]2=C1C. The number of nitrogens with zero attached hydrogens (tertiary/aromatic N) is 2. The zero-order chi connectivity index (χ0) is 25.8. The third-order valence-corrected chi connectivity index (χ3v) is 7.87. The van der Waals surface area contributed by atoms with E-state index in [2.05, 4.69) is 0 Å². The lowest BCUT2D eigenvalue weighted by molar-refractivity contribution is -0.363. The van der Waals surface area contributed by atoms with Gasteiger partial charge in [0, 0.05) is 23.8 Å². The second-order valence-corrected chi connectivity index (χ2v) is 9.79. The largest absolute Gasteiger partial charge is 0.737 e. The van der Waals surface area contributed by atoms with Crippen LogP contribution in [0.2, 0.25) is 0 Å². The summed E-state index contributed by atoms with van der Waals surface area (Å²) in [5.74, 6) is 0.720. The summed E-state index contributed by atoms with van der Waals surface area (Å²) < 4.78 is 41.6. The second kappa shape index (κ2) is 8.92. The van der Waals surface area contributed by atoms with Crippen LogP contribution in [0.3, 0.4) is 0 Å². The normalized spacial score (nSPS) is 16.6. The van der Waals surface area contributed by atoms with Crippen molar-refractivity contribution in [3.8, 4) is 5.75 Å². The van der Waals surface area contributed by atoms with E-state index in [-0.39, 0.29) is 0 Å². The van der Waals surface area contributed by atoms with Gasteiger partial charge in [0.05, 0.1) is 5.57 Å². The number of ether oxygens (including phenoxy) is 1. The molecule has 3 heterocycles. The minimum absolute atomic E-state index is 0.448. The number of hydrogen-bond donors (Lipinski definition) is 0. The molecule has 0 bridgehead atoms. The topological polar surface area (TPSA) is 17.2 Å². The smallest absolute Gasteiger partial charge is 0.489 e. The van der Waals surface area contributed by atoms with Crippen molar-refractivity contribution in [3.63, 3.8) is 0 Å². The van der Waals surface area contributed by atoms with E-state index < -0.39 is 6.97 Å². The molecule has 0 unspecified atom stereocenters. The van der Waals surface area contributed by atoms with Crippen LogP contribution in [0.5, 0.6) is 5.75 Å². The lowest BCUT2D eigenvalue weighted by atomic mass is 9.83. The fourth-order valence-electron chi connectivity index (χ4n) is 6.23. The number of allylic oxidation sites excluding steroid dienone is 2. The van der Waals surface area contributed by atoms with Crippen molar-refractivity contribution >= 4 is 18.3 Å². The third kappa shape index (κ3) is 3.49. The average molecular weight is 486 g/mol. The van der Waals surface area contributed by atoms with Crippen LogP contribution in [0.25, 0.3) is 5.57 Å². The Labute approximate surface area is 212 Å². The molecule has 0 saturated carbocycles. The molecular formula is C30H33BF2N2O. The van der Waals surface area contributed by atoms with Crippen LogP contribution in [-0.4, -0.2) is 21.6 Å². The minimum atomic E-state index is -4.03. The molecule has 0 saturated heterocycles. The molecule has 5 rings (SSSR count). The van der Waals surface area contributed by atoms with Gasteiger partial charge in [-0.25, -0.2) is 0 Å². The van der Waals surface area contributed by atoms with E-state index in [0.717, 1.165) is 44.7 Å². The Bertz CT molecular complexity index is 1460. The highest BCUT2D eigenvalue weighted by Gasteiger charge is 2.56. The minimum Gasteiger partial charge on any atom is -0.489 e. The third-order valence-electron chi connectivity index (χ3n) is 7.87. The summed E-state index contributed by atoms with van der Waals surface area (Å²) in [5.41, 5.74) is 9.25. The maximum absolute atomic E-state index is 16.4. The number of fused-ring (bicyclic) bond motifs is 2. The Balaban J connectivity index is 1.75. The van der Waals surface area contributed by atoms with Crippen LogP contribution in [0, 0.1) is 13.8 Å². The van der Waals surface area contributed by atoms with E-state index in [1.54, 1.807) is 0 Å². The highest BCUT2D eigenvalue weighted by molar-refractivity contribution is 6.58. The van der Waals surface area contributed by atoms with Gasteiger partial charge in [-0.2, -0.15) is 0 Å². The van der Waals surface area contributed by atoms with Gasteiger partial charge in [-0.15, -0.1) is 0 Å². The van der Waals surface area contributed by atoms with Crippen LogP contribution in [0.1, 0.15) is 67.8 Å². The second-order valence-electron chi connectivity index (χ2n) is 9.79. The average Bonchev–Trinajstić information content (AvgIpc) is 3.28. The summed E-state index contributed by atoms with van der Waals surface area (Å²) >= 11 is 0. The highest BCUT2D eigenvalue weighted by Crippen LogP contribution is 2.47. The van der Waals surface area contributed by atoms with Crippen molar-refractivity contribution in [1.29, 1.82) is 0 Å². The first-order valence-electron chi connectivity index (χ1n) is 12.8. The van der Waals surface area contributed by atoms with Crippen LogP contribution in [0.15, 0.2) is 71.4 Å². The summed E-state index contributed by atoms with van der Waals surface area (Å²) in [7, 11) is 0. The molecule has 1 aromatic heterocycles. The van der Waals surface area contributed by atoms with E-state index in [4.69, 9.17) is 4.74 Å². The summed E-state index contributed by atoms with van der Waals surface area (Å²) in [6, 6.07) is 17.9. The Hall–Kier alpha value is -3.41. The fourth-order valence-corrected chi connectivity index (χ4v) is 6.23. The van der Waals surface area contributed by atoms with Crippen LogP contribution in [-0.2, 0) is 13.0 Å². The predicted molar refractivity (Wildman–Crippen MR) is 144 cm³/mol. The number of halogens is 2. The summed E-state index contributed by atoms with van der Waals surface area (Å²) in [5, 5.41) is 0. The Morgan fingerprint density at radius 1 is 0.917 bits per heavy atom. The predicted octanol–water partition coefficient (Wildman–Crippen LogP) is 7.46. The number of aromatic nitrogens is 1. The number of benzene rings is 2. The van der Waals surface area contributed by atoms with Crippen molar-refractivity contribution in [2.24, 2.45) is 0 Å². The zero-order valence-corrected chi connectivity index (χ0v) is 22.0. The van der Waals surface area contributed by atoms with Gasteiger partial charge in [0.2, 0.25) is 0 Å². The first-order chi connectivity index (χ1) is 17.2. The molecule has 2 aliphatic heterocycles. The molecule has 0 aliphatic carbocycles. The van der Waals surface area contributed by atoms with Crippen LogP contribution >= 0.6 is 0 Å². The highest BCUT2D eigenvalue weighted by atomic mass is 19.2. The van der Waals surface area contributed by atoms with E-state index in [1.807, 2.05) is 96.1 Å². The van der Waals surface area contributed by atoms with Crippen molar-refractivity contribution in [1.82, 2.24) is 4.48 Å². The Morgan fingerprint density at radius 2 is 1.64 bits per heavy atom. The van der Waals surface area contributed by atoms with E-state index in [0.29, 0.717) is 42.2 Å². The van der Waals surface area contributed by atoms with Crippen LogP contribution in [0.4, 0.5) is 8.63 Å². The first kappa shape index (κ1) is 24.3. The molecule has 2 aromatic carbocycles. The van der Waals surface area contributed by atoms with Gasteiger partial charge < -0.3 is 22.3 Å². The molecule has 186 valence electrons. The molecule has 6 heteroatoms. The van der Waals surface area contributed by atoms with Crippen molar-refractivity contribution < 1.29 is 17.9 Å². The lowest BCUT2D eigenvalue weighted by Gasteiger charge is -2.34. The molecule has 0 fully saturated rings. The summed E-state index contributed by atoms with van der Waals surface area (Å²) in [4.78, 5) is 0. The van der Waals surface area contributed by atoms with Gasteiger partial charge in [0.1, 0.15) is 18.1 Å². The molecule has 2 aliphatic rings. The molecular weight excluding hydrogens is 453 g/mol. The maximum Gasteiger partial charge on any atom is 0.737 e. The van der Waals surface area contributed by atoms with Gasteiger partial charge in [0.15, 0.2) is 5.70 Å². The molecule has 0 radical (unpaired) electrons. The first-order valence-corrected chi connectivity index (χ1v) is 12.8. The van der Waals surface area contributed by atoms with Crippen LogP contribution < -0.4 is 4.74 Å². The van der Waals surface area contributed by atoms with Crippen molar-refractivity contribution in [2.45, 2.75) is 61.0 Å². The van der Waals surface area contributed by atoms with E-state index >= 15 is 8.63 Å². The molecule has 36 heavy (non-hydrogen) atoms. The molecule has 0 amide bonds. The van der Waals surface area contributed by atoms with Gasteiger partial charge in [-0.3, -0.25) is 0 Å². The zero-order valence-electron chi connectivity index (χ0n) is 22.0. The fraction of sp³-hybridized carbons (Fsp3) is 0.300. The van der Waals surface area contributed by atoms with E-state index in [9.17, 15) is 0 Å². The Kier molecular flexibility index (Phi) is 6.02. The molecule has 0 spiro atoms. The monoisotopic (exact) mass is 486 g/mol. The van der Waals surface area contributed by atoms with Gasteiger partial charge >= 0.3 is 6.97 Å². The number of rotatable bonds is 6. The molecule has 3 nitrogen and oxygen atoms in total. The lowest BCUT2D eigenvalue weighted by Crippen LogP contribution is -2.51. The van der Waals surface area contributed by atoms with Crippen molar-refractivity contribution in [2.75, 3.05) is 0 Å².